The lowest BCUT2D eigenvalue weighted by atomic mass is 9.85. The van der Waals surface area contributed by atoms with Gasteiger partial charge in [-0.15, -0.1) is 0 Å². The lowest BCUT2D eigenvalue weighted by Gasteiger charge is -2.21. The Labute approximate surface area is 178 Å². The Balaban J connectivity index is 2.03. The number of amides is 1. The maximum Gasteiger partial charge on any atom is 0.374 e. The number of rotatable bonds is 11. The molecule has 1 aliphatic heterocycles. The average molecular weight is 418 g/mol. The van der Waals surface area contributed by atoms with Crippen LogP contribution in [0, 0.1) is 5.92 Å². The first kappa shape index (κ1) is 23.8. The van der Waals surface area contributed by atoms with E-state index in [0.29, 0.717) is 44.0 Å². The van der Waals surface area contributed by atoms with Crippen LogP contribution in [0.15, 0.2) is 30.4 Å². The summed E-state index contributed by atoms with van der Waals surface area (Å²) < 4.78 is 15.6. The van der Waals surface area contributed by atoms with Crippen molar-refractivity contribution < 1.29 is 28.8 Å². The molecule has 30 heavy (non-hydrogen) atoms. The van der Waals surface area contributed by atoms with Gasteiger partial charge in [0.2, 0.25) is 5.91 Å². The van der Waals surface area contributed by atoms with Crippen molar-refractivity contribution in [2.75, 3.05) is 27.4 Å². The molecule has 1 amide bonds. The summed E-state index contributed by atoms with van der Waals surface area (Å²) >= 11 is 0. The number of benzene rings is 1. The van der Waals surface area contributed by atoms with Gasteiger partial charge in [0.15, 0.2) is 0 Å². The summed E-state index contributed by atoms with van der Waals surface area (Å²) in [4.78, 5) is 26.4. The second kappa shape index (κ2) is 11.6. The number of carbonyl (C=O) groups is 2. The highest BCUT2D eigenvalue weighted by molar-refractivity contribution is 6.45. The summed E-state index contributed by atoms with van der Waals surface area (Å²) in [5.74, 6) is 0.784. The van der Waals surface area contributed by atoms with E-state index < -0.39 is 13.0 Å². The van der Waals surface area contributed by atoms with Gasteiger partial charge in [-0.1, -0.05) is 6.08 Å². The van der Waals surface area contributed by atoms with E-state index in [1.54, 1.807) is 40.1 Å². The van der Waals surface area contributed by atoms with Gasteiger partial charge in [-0.05, 0) is 38.7 Å². The van der Waals surface area contributed by atoms with Gasteiger partial charge in [0, 0.05) is 42.8 Å². The molecular weight excluding hydrogens is 387 g/mol. The van der Waals surface area contributed by atoms with Gasteiger partial charge in [0.1, 0.15) is 11.5 Å². The predicted octanol–water partition coefficient (Wildman–Crippen LogP) is 1.63. The minimum Gasteiger partial charge on any atom is -0.497 e. The fraction of sp³-hybridized carbons (Fsp3) is 0.524. The Bertz CT molecular complexity index is 755. The third kappa shape index (κ3) is 6.78. The predicted molar refractivity (Wildman–Crippen MR) is 114 cm³/mol. The Morgan fingerprint density at radius 2 is 2.17 bits per heavy atom. The number of hydrogen-bond acceptors (Lipinski definition) is 7. The second-order valence-corrected chi connectivity index (χ2v) is 7.22. The molecule has 1 saturated heterocycles. The monoisotopic (exact) mass is 418 g/mol. The zero-order valence-electron chi connectivity index (χ0n) is 18.1. The molecule has 1 aromatic rings. The fourth-order valence-corrected chi connectivity index (χ4v) is 3.57. The van der Waals surface area contributed by atoms with E-state index in [1.165, 1.54) is 6.08 Å². The first-order valence-electron chi connectivity index (χ1n) is 10.2. The molecule has 2 atom stereocenters. The van der Waals surface area contributed by atoms with E-state index in [1.807, 2.05) is 17.0 Å². The van der Waals surface area contributed by atoms with Crippen LogP contribution in [0.25, 0.3) is 0 Å². The normalized spacial score (nSPS) is 17.3. The highest BCUT2D eigenvalue weighted by Crippen LogP contribution is 2.29. The van der Waals surface area contributed by atoms with Gasteiger partial charge in [-0.3, -0.25) is 4.79 Å². The minimum atomic E-state index is -0.766. The van der Waals surface area contributed by atoms with Crippen molar-refractivity contribution in [3.63, 3.8) is 0 Å². The molecule has 1 fully saturated rings. The summed E-state index contributed by atoms with van der Waals surface area (Å²) in [7, 11) is 2.42. The zero-order valence-corrected chi connectivity index (χ0v) is 18.1. The molecule has 2 unspecified atom stereocenters. The zero-order chi connectivity index (χ0) is 22.1. The van der Waals surface area contributed by atoms with E-state index >= 15 is 0 Å². The lowest BCUT2D eigenvalue weighted by Crippen LogP contribution is -2.41. The van der Waals surface area contributed by atoms with Gasteiger partial charge < -0.3 is 29.4 Å². The van der Waals surface area contributed by atoms with Crippen LogP contribution in [0.2, 0.25) is 6.82 Å². The maximum atomic E-state index is 12.9. The molecule has 9 heteroatoms. The number of ether oxygens (including phenoxy) is 3. The molecule has 0 radical (unpaired) electrons. The van der Waals surface area contributed by atoms with Gasteiger partial charge in [0.05, 0.1) is 20.8 Å². The van der Waals surface area contributed by atoms with Crippen molar-refractivity contribution in [2.45, 2.75) is 39.2 Å². The van der Waals surface area contributed by atoms with Gasteiger partial charge >= 0.3 is 13.0 Å². The third-order valence-corrected chi connectivity index (χ3v) is 5.01. The van der Waals surface area contributed by atoms with Gasteiger partial charge in [0.25, 0.3) is 0 Å². The number of methoxy groups -OCH3 is 2. The van der Waals surface area contributed by atoms with Crippen LogP contribution in [0.3, 0.4) is 0 Å². The topological polar surface area (TPSA) is 97.3 Å². The molecule has 8 nitrogen and oxygen atoms in total. The highest BCUT2D eigenvalue weighted by Gasteiger charge is 2.33. The number of nitrogens with one attached hydrogen (secondary N) is 1. The van der Waals surface area contributed by atoms with Crippen molar-refractivity contribution in [3.8, 4) is 11.5 Å². The number of esters is 1. The van der Waals surface area contributed by atoms with Crippen molar-refractivity contribution in [1.29, 1.82) is 0 Å². The number of carbonyl (C=O) groups excluding carboxylic acids is 2. The van der Waals surface area contributed by atoms with E-state index in [-0.39, 0.29) is 17.9 Å². The van der Waals surface area contributed by atoms with Crippen LogP contribution in [0.5, 0.6) is 11.5 Å². The highest BCUT2D eigenvalue weighted by atomic mass is 16.5. The van der Waals surface area contributed by atoms with E-state index in [0.717, 1.165) is 5.56 Å². The largest absolute Gasteiger partial charge is 0.497 e. The summed E-state index contributed by atoms with van der Waals surface area (Å²) in [6, 6.07) is 5.23. The van der Waals surface area contributed by atoms with Crippen LogP contribution in [-0.2, 0) is 20.9 Å². The molecule has 0 spiro atoms. The third-order valence-electron chi connectivity index (χ3n) is 5.01. The van der Waals surface area contributed by atoms with Crippen LogP contribution in [-0.4, -0.2) is 62.3 Å². The SMILES string of the molecule is CCOC(=O)/C=C/C(CC1CCN(Cc2ccc(OC)cc2OC)C1=O)NB(C)O. The molecule has 2 N–H and O–H groups in total. The smallest absolute Gasteiger partial charge is 0.374 e. The lowest BCUT2D eigenvalue weighted by molar-refractivity contribution is -0.137. The van der Waals surface area contributed by atoms with Crippen LogP contribution in [0.1, 0.15) is 25.3 Å². The number of likely N-dealkylation sites (tertiary alicyclic amines) is 1. The van der Waals surface area contributed by atoms with Crippen molar-refractivity contribution in [2.24, 2.45) is 5.92 Å². The molecule has 1 heterocycles. The standard InChI is InChI=1S/C21H31BN2O6/c1-5-30-20(25)9-7-17(23-22(2)27)12-15-10-11-24(21(15)26)14-16-6-8-18(28-3)13-19(16)29-4/h6-9,13,15,17,23,27H,5,10-12,14H2,1-4H3/b9-7+. The Morgan fingerprint density at radius 3 is 2.80 bits per heavy atom. The van der Waals surface area contributed by atoms with Crippen LogP contribution in [0.4, 0.5) is 0 Å². The molecule has 1 aromatic carbocycles. The van der Waals surface area contributed by atoms with Crippen molar-refractivity contribution >= 4 is 18.9 Å². The van der Waals surface area contributed by atoms with Crippen LogP contribution < -0.4 is 14.7 Å². The molecule has 0 aromatic heterocycles. The van der Waals surface area contributed by atoms with Gasteiger partial charge in [-0.2, -0.15) is 0 Å². The summed E-state index contributed by atoms with van der Waals surface area (Å²) in [6.45, 7) is 4.73. The summed E-state index contributed by atoms with van der Waals surface area (Å²) in [5, 5.41) is 12.7. The summed E-state index contributed by atoms with van der Waals surface area (Å²) in [5.41, 5.74) is 0.910. The first-order chi connectivity index (χ1) is 14.4. The Hall–Kier alpha value is -2.52. The van der Waals surface area contributed by atoms with Crippen molar-refractivity contribution in [1.82, 2.24) is 10.1 Å². The molecule has 164 valence electrons. The average Bonchev–Trinajstić information content (AvgIpc) is 3.05. The van der Waals surface area contributed by atoms with Gasteiger partial charge in [-0.25, -0.2) is 4.79 Å². The quantitative estimate of drug-likeness (QED) is 0.320. The molecule has 1 aliphatic rings. The molecule has 0 aliphatic carbocycles. The second-order valence-electron chi connectivity index (χ2n) is 7.22. The number of hydrogen-bond donors (Lipinski definition) is 2. The Kier molecular flexibility index (Phi) is 9.20. The molecule has 2 rings (SSSR count). The molecule has 0 saturated carbocycles. The van der Waals surface area contributed by atoms with Crippen molar-refractivity contribution in [3.05, 3.63) is 35.9 Å². The fourth-order valence-electron chi connectivity index (χ4n) is 3.57. The minimum absolute atomic E-state index is 0.0507. The van der Waals surface area contributed by atoms with E-state index in [9.17, 15) is 14.6 Å². The molecular formula is C21H31BN2O6. The first-order valence-corrected chi connectivity index (χ1v) is 10.2. The summed E-state index contributed by atoms with van der Waals surface area (Å²) in [6.07, 6.45) is 4.18. The van der Waals surface area contributed by atoms with Crippen LogP contribution >= 0.6 is 0 Å². The van der Waals surface area contributed by atoms with E-state index in [2.05, 4.69) is 5.23 Å². The van der Waals surface area contributed by atoms with E-state index in [4.69, 9.17) is 14.2 Å². The number of nitrogens with zero attached hydrogens (tertiary/aromatic N) is 1. The Morgan fingerprint density at radius 1 is 1.40 bits per heavy atom. The maximum absolute atomic E-state index is 12.9. The molecule has 0 bridgehead atoms.